The van der Waals surface area contributed by atoms with Crippen molar-refractivity contribution in [3.8, 4) is 0 Å². The van der Waals surface area contributed by atoms with Crippen LogP contribution in [-0.4, -0.2) is 9.97 Å². The van der Waals surface area contributed by atoms with E-state index in [1.54, 1.807) is 0 Å². The van der Waals surface area contributed by atoms with Crippen LogP contribution >= 0.6 is 0 Å². The van der Waals surface area contributed by atoms with Gasteiger partial charge in [-0.05, 0) is 0 Å². The normalized spacial score (nSPS) is 9.00. The molecule has 0 aromatic carbocycles. The van der Waals surface area contributed by atoms with Crippen molar-refractivity contribution < 1.29 is 0 Å². The van der Waals surface area contributed by atoms with E-state index in [2.05, 4.69) is 4.98 Å². The third kappa shape index (κ3) is 0.841. The summed E-state index contributed by atoms with van der Waals surface area (Å²) < 4.78 is 0. The lowest BCUT2D eigenvalue weighted by atomic mass is 11.1. The van der Waals surface area contributed by atoms with Gasteiger partial charge in [0.15, 0.2) is 0 Å². The number of hydrogen-bond acceptors (Lipinski definition) is 2. The van der Waals surface area contributed by atoms with Crippen molar-refractivity contribution in [2.24, 2.45) is 0 Å². The molecule has 0 fully saturated rings. The van der Waals surface area contributed by atoms with Gasteiger partial charge in [-0.3, -0.25) is 9.78 Å². The Kier molecular flexibility index (Phi) is 0.997. The predicted molar refractivity (Wildman–Crippen MR) is 27.7 cm³/mol. The van der Waals surface area contributed by atoms with Crippen LogP contribution in [-0.2, 0) is 0 Å². The van der Waals surface area contributed by atoms with E-state index in [1.807, 2.05) is 4.98 Å². The van der Waals surface area contributed by atoms with Gasteiger partial charge in [0.2, 0.25) is 0 Å². The Morgan fingerprint density at radius 2 is 2.12 bits per heavy atom. The Labute approximate surface area is 44.2 Å². The van der Waals surface area contributed by atoms with E-state index in [-0.39, 0.29) is 5.56 Å². The van der Waals surface area contributed by atoms with Crippen LogP contribution in [0, 0.1) is 0 Å². The summed E-state index contributed by atoms with van der Waals surface area (Å²) in [5.74, 6) is 0. The molecule has 2 N–H and O–H groups in total. The fourth-order valence-corrected chi connectivity index (χ4v) is 0.383. The lowest BCUT2D eigenvalue weighted by Crippen LogP contribution is -2.19. The minimum Gasteiger partial charge on any atom is -0.314 e. The highest BCUT2D eigenvalue weighted by Crippen LogP contribution is 1.51. The number of nitrogens with one attached hydrogen (secondary N) is 2. The van der Waals surface area contributed by atoms with E-state index in [1.165, 1.54) is 12.3 Å². The highest BCUT2D eigenvalue weighted by atomic mass is 16.2. The Morgan fingerprint density at radius 3 is 2.50 bits per heavy atom. The molecule has 4 heteroatoms. The number of H-pyrrole nitrogens is 2. The molecule has 0 saturated carbocycles. The minimum absolute atomic E-state index is 0.381. The fourth-order valence-electron chi connectivity index (χ4n) is 0.383. The van der Waals surface area contributed by atoms with Crippen LogP contribution in [0.15, 0.2) is 21.9 Å². The molecule has 1 aromatic rings. The van der Waals surface area contributed by atoms with Gasteiger partial charge in [-0.15, -0.1) is 0 Å². The van der Waals surface area contributed by atoms with Crippen molar-refractivity contribution in [1.29, 1.82) is 0 Å². The zero-order valence-electron chi connectivity index (χ0n) is 3.97. The molecule has 0 bridgehead atoms. The molecule has 0 radical (unpaired) electrons. The first-order valence-electron chi connectivity index (χ1n) is 2.07. The molecule has 0 spiro atoms. The third-order valence-electron chi connectivity index (χ3n) is 0.686. The van der Waals surface area contributed by atoms with Crippen LogP contribution in [0.25, 0.3) is 0 Å². The molecule has 1 aromatic heterocycles. The second kappa shape index (κ2) is 1.65. The first kappa shape index (κ1) is 4.83. The third-order valence-corrected chi connectivity index (χ3v) is 0.686. The summed E-state index contributed by atoms with van der Waals surface area (Å²) in [7, 11) is 0. The first-order chi connectivity index (χ1) is 3.79. The fraction of sp³-hybridized carbons (Fsp3) is 0. The summed E-state index contributed by atoms with van der Waals surface area (Å²) in [5, 5.41) is 0. The lowest BCUT2D eigenvalue weighted by molar-refractivity contribution is 1.04. The Hall–Kier alpha value is -1.32. The standard InChI is InChI=1S/C4H4N2O2/c7-3-1-2-5-4(8)6-3/h1-2H,(H2,5,6,7,8)/i1+1,3+1. The SMILES string of the molecule is O=c1[nH]c[13cH][13c](=O)[nH]1. The number of aromatic nitrogens is 2. The van der Waals surface area contributed by atoms with Crippen LogP contribution in [0.4, 0.5) is 0 Å². The quantitative estimate of drug-likeness (QED) is 0.457. The first-order valence-corrected chi connectivity index (χ1v) is 2.07. The van der Waals surface area contributed by atoms with Gasteiger partial charge in [0, 0.05) is 12.3 Å². The van der Waals surface area contributed by atoms with Crippen molar-refractivity contribution in [3.63, 3.8) is 0 Å². The van der Waals surface area contributed by atoms with E-state index in [4.69, 9.17) is 0 Å². The molecule has 0 amide bonds. The minimum atomic E-state index is -0.475. The zero-order chi connectivity index (χ0) is 5.98. The average molecular weight is 114 g/mol. The highest BCUT2D eigenvalue weighted by molar-refractivity contribution is 4.77. The molecule has 0 aliphatic carbocycles. The van der Waals surface area contributed by atoms with E-state index >= 15 is 0 Å². The molecule has 4 nitrogen and oxygen atoms in total. The molecular weight excluding hydrogens is 110 g/mol. The topological polar surface area (TPSA) is 65.7 Å². The van der Waals surface area contributed by atoms with Crippen molar-refractivity contribution >= 4 is 0 Å². The van der Waals surface area contributed by atoms with Crippen molar-refractivity contribution in [3.05, 3.63) is 33.1 Å². The van der Waals surface area contributed by atoms with Gasteiger partial charge >= 0.3 is 5.69 Å². The molecule has 1 rings (SSSR count). The molecule has 0 aliphatic heterocycles. The smallest absolute Gasteiger partial charge is 0.314 e. The summed E-state index contributed by atoms with van der Waals surface area (Å²) in [6.45, 7) is 0. The molecule has 0 saturated heterocycles. The van der Waals surface area contributed by atoms with Gasteiger partial charge in [0.1, 0.15) is 0 Å². The van der Waals surface area contributed by atoms with Gasteiger partial charge in [0.05, 0.1) is 0 Å². The van der Waals surface area contributed by atoms with E-state index in [0.29, 0.717) is 0 Å². The predicted octanol–water partition coefficient (Wildman–Crippen LogP) is -0.937. The number of hydrogen-bond donors (Lipinski definition) is 2. The van der Waals surface area contributed by atoms with Crippen LogP contribution < -0.4 is 11.2 Å². The molecule has 8 heavy (non-hydrogen) atoms. The maximum absolute atomic E-state index is 10.2. The summed E-state index contributed by atoms with van der Waals surface area (Å²) in [6, 6.07) is 1.24. The van der Waals surface area contributed by atoms with Gasteiger partial charge in [-0.1, -0.05) is 0 Å². The maximum Gasteiger partial charge on any atom is 0.325 e. The van der Waals surface area contributed by atoms with Crippen LogP contribution in [0.5, 0.6) is 0 Å². The van der Waals surface area contributed by atoms with Crippen LogP contribution in [0.3, 0.4) is 0 Å². The average Bonchev–Trinajstić information content (AvgIpc) is 1.64. The second-order valence-electron chi connectivity index (χ2n) is 1.30. The molecule has 1 heterocycles. The number of rotatable bonds is 0. The summed E-state index contributed by atoms with van der Waals surface area (Å²) in [5.41, 5.74) is -0.855. The van der Waals surface area contributed by atoms with E-state index in [0.717, 1.165) is 0 Å². The summed E-state index contributed by atoms with van der Waals surface area (Å²) in [4.78, 5) is 24.7. The van der Waals surface area contributed by atoms with Crippen LogP contribution in [0.1, 0.15) is 0 Å². The summed E-state index contributed by atoms with van der Waals surface area (Å²) in [6.07, 6.45) is 1.29. The highest BCUT2D eigenvalue weighted by Gasteiger charge is 1.77. The second-order valence-corrected chi connectivity index (χ2v) is 1.30. The Balaban J connectivity index is 3.50. The van der Waals surface area contributed by atoms with Crippen LogP contribution in [0.2, 0.25) is 0 Å². The van der Waals surface area contributed by atoms with Gasteiger partial charge < -0.3 is 4.98 Å². The zero-order valence-corrected chi connectivity index (χ0v) is 3.97. The maximum atomic E-state index is 10.2. The van der Waals surface area contributed by atoms with E-state index in [9.17, 15) is 9.59 Å². The van der Waals surface area contributed by atoms with Crippen molar-refractivity contribution in [2.75, 3.05) is 0 Å². The molecular formula is C4H4N2O2. The van der Waals surface area contributed by atoms with Crippen molar-refractivity contribution in [1.82, 2.24) is 9.97 Å². The summed E-state index contributed by atoms with van der Waals surface area (Å²) >= 11 is 0. The van der Waals surface area contributed by atoms with Gasteiger partial charge in [-0.2, -0.15) is 0 Å². The van der Waals surface area contributed by atoms with E-state index < -0.39 is 5.69 Å². The largest absolute Gasteiger partial charge is 0.325 e. The van der Waals surface area contributed by atoms with Crippen molar-refractivity contribution in [2.45, 2.75) is 0 Å². The number of aromatic amines is 2. The molecule has 0 aliphatic rings. The molecule has 0 unspecified atom stereocenters. The van der Waals surface area contributed by atoms with Gasteiger partial charge in [-0.25, -0.2) is 4.79 Å². The van der Waals surface area contributed by atoms with Gasteiger partial charge in [0.25, 0.3) is 5.56 Å². The monoisotopic (exact) mass is 114 g/mol. The lowest BCUT2D eigenvalue weighted by Gasteiger charge is -1.75. The Morgan fingerprint density at radius 1 is 1.38 bits per heavy atom. The molecule has 42 valence electrons. The Bertz CT molecular complexity index is 246. The molecule has 0 atom stereocenters.